The van der Waals surface area contributed by atoms with Gasteiger partial charge in [-0.2, -0.15) is 0 Å². The minimum atomic E-state index is -0.551. The lowest BCUT2D eigenvalue weighted by molar-refractivity contribution is -0.125. The number of imidazole rings is 2. The molecule has 10 rings (SSSR count). The van der Waals surface area contributed by atoms with Gasteiger partial charge >= 0.3 is 6.09 Å². The van der Waals surface area contributed by atoms with Gasteiger partial charge < -0.3 is 36.6 Å². The minimum absolute atomic E-state index is 0.0292. The first-order valence-corrected chi connectivity index (χ1v) is 24.5. The molecule has 388 valence electrons. The summed E-state index contributed by atoms with van der Waals surface area (Å²) in [6.07, 6.45) is 10.2. The van der Waals surface area contributed by atoms with E-state index < -0.39 is 10.8 Å². The van der Waals surface area contributed by atoms with Crippen LogP contribution in [0.1, 0.15) is 77.6 Å². The molecule has 0 bridgehead atoms. The van der Waals surface area contributed by atoms with Gasteiger partial charge in [0.1, 0.15) is 28.9 Å². The molecule has 2 fully saturated rings. The van der Waals surface area contributed by atoms with E-state index in [0.29, 0.717) is 72.5 Å². The second kappa shape index (κ2) is 23.3. The molecule has 6 aromatic heterocycles. The normalized spacial score (nSPS) is 14.9. The number of hydrogen-bond acceptors (Lipinski definition) is 14. The predicted molar refractivity (Wildman–Crippen MR) is 290 cm³/mol. The highest BCUT2D eigenvalue weighted by Crippen LogP contribution is 2.36. The van der Waals surface area contributed by atoms with Gasteiger partial charge in [0, 0.05) is 85.1 Å². The van der Waals surface area contributed by atoms with Crippen LogP contribution in [0.2, 0.25) is 0 Å². The van der Waals surface area contributed by atoms with Crippen molar-refractivity contribution in [3.63, 3.8) is 0 Å². The van der Waals surface area contributed by atoms with Gasteiger partial charge in [0.2, 0.25) is 23.0 Å². The Labute approximate surface area is 442 Å². The van der Waals surface area contributed by atoms with Crippen LogP contribution in [-0.2, 0) is 14.3 Å². The van der Waals surface area contributed by atoms with E-state index in [1.165, 1.54) is 6.08 Å². The van der Waals surface area contributed by atoms with Crippen LogP contribution in [0.4, 0.5) is 28.3 Å². The molecule has 0 spiro atoms. The zero-order valence-electron chi connectivity index (χ0n) is 42.0. The van der Waals surface area contributed by atoms with Crippen LogP contribution in [0.15, 0.2) is 147 Å². The Morgan fingerprint density at radius 2 is 1.05 bits per heavy atom. The number of benzene rings is 2. The number of rotatable bonds is 10. The van der Waals surface area contributed by atoms with Crippen LogP contribution < -0.4 is 22.1 Å². The van der Waals surface area contributed by atoms with E-state index in [4.69, 9.17) is 37.8 Å². The number of fused-ring (bicyclic) bond motifs is 2. The Hall–Kier alpha value is -9.30. The molecule has 2 aromatic carbocycles. The number of halogens is 1. The van der Waals surface area contributed by atoms with Gasteiger partial charge in [0.25, 0.3) is 11.8 Å². The number of hydrogen-bond donors (Lipinski definition) is 4. The average Bonchev–Trinajstić information content (AvgIpc) is 4.26. The fourth-order valence-corrected chi connectivity index (χ4v) is 8.74. The van der Waals surface area contributed by atoms with Gasteiger partial charge in [0.05, 0.1) is 22.4 Å². The van der Waals surface area contributed by atoms with E-state index in [1.807, 2.05) is 78.1 Å². The molecule has 0 saturated carbocycles. The van der Waals surface area contributed by atoms with E-state index >= 15 is 0 Å². The van der Waals surface area contributed by atoms with Crippen LogP contribution >= 0.6 is 11.6 Å². The molecule has 76 heavy (non-hydrogen) atoms. The molecule has 2 unspecified atom stereocenters. The fraction of sp³-hybridized carbons (Fsp3) is 0.218. The van der Waals surface area contributed by atoms with E-state index in [9.17, 15) is 24.0 Å². The number of carbonyl (C=O) groups excluding carboxylic acids is 5. The number of aromatic nitrogens is 8. The van der Waals surface area contributed by atoms with Crippen molar-refractivity contribution in [1.82, 2.24) is 48.5 Å². The number of carbonyl (C=O) groups is 5. The number of nitrogens with zero attached hydrogens (tertiary/aromatic N) is 10. The summed E-state index contributed by atoms with van der Waals surface area (Å²) in [5.74, 6) is 2.39. The number of likely N-dealkylation sites (tertiary alicyclic amines) is 2. The molecule has 20 nitrogen and oxygen atoms in total. The van der Waals surface area contributed by atoms with Gasteiger partial charge in [-0.1, -0.05) is 49.6 Å². The van der Waals surface area contributed by atoms with Gasteiger partial charge in [-0.25, -0.2) is 34.7 Å². The summed E-state index contributed by atoms with van der Waals surface area (Å²) >= 11 is 4.71. The number of anilines is 4. The van der Waals surface area contributed by atoms with Gasteiger partial charge in [-0.15, -0.1) is 0 Å². The first-order chi connectivity index (χ1) is 36.5. The molecule has 4 amide bonds. The molecule has 2 saturated heterocycles. The van der Waals surface area contributed by atoms with Crippen molar-refractivity contribution in [1.29, 1.82) is 0 Å². The highest BCUT2D eigenvalue weighted by Gasteiger charge is 2.34. The van der Waals surface area contributed by atoms with Gasteiger partial charge in [-0.05, 0) is 118 Å². The van der Waals surface area contributed by atoms with E-state index in [1.54, 1.807) is 83.1 Å². The first kappa shape index (κ1) is 53.0. The van der Waals surface area contributed by atoms with Crippen molar-refractivity contribution in [2.75, 3.05) is 48.3 Å². The second-order valence-electron chi connectivity index (χ2n) is 18.6. The maximum Gasteiger partial charge on any atom is 0.410 e. The minimum Gasteiger partial charge on any atom is -0.444 e. The lowest BCUT2D eigenvalue weighted by Crippen LogP contribution is -2.35. The fourth-order valence-electron chi connectivity index (χ4n) is 8.74. The van der Waals surface area contributed by atoms with Gasteiger partial charge in [-0.3, -0.25) is 28.0 Å². The number of pyridine rings is 2. The van der Waals surface area contributed by atoms with Crippen LogP contribution in [0, 0.1) is 0 Å². The molecular weight excluding hydrogens is 988 g/mol. The molecule has 6 N–H and O–H groups in total. The Morgan fingerprint density at radius 1 is 0.618 bits per heavy atom. The topological polar surface area (TPSA) is 263 Å². The largest absolute Gasteiger partial charge is 0.444 e. The summed E-state index contributed by atoms with van der Waals surface area (Å²) in [5, 5.41) is 5.05. The van der Waals surface area contributed by atoms with E-state index in [0.717, 1.165) is 52.5 Å². The number of nitrogens with two attached hydrogens (primary N) is 2. The summed E-state index contributed by atoms with van der Waals surface area (Å²) < 4.78 is 9.18. The van der Waals surface area contributed by atoms with Crippen LogP contribution in [0.25, 0.3) is 33.8 Å². The molecular formula is C55H55ClN14O6. The van der Waals surface area contributed by atoms with Crippen LogP contribution in [0.5, 0.6) is 0 Å². The summed E-state index contributed by atoms with van der Waals surface area (Å²) in [6, 6.07) is 28.7. The SMILES string of the molecule is C=CC(=O)Cl.C=CC(=O)N1CCC(c2nc(-c3ccc(C(=O)Nc4ccccn4)cc3)n3c(N)nccc23)C1.CC(C)(C)OC(=O)N1CCC(c2nc(-c3ccc(C(=O)Nc4ccccn4)cc3)n3c(N)nccc23)C1. The van der Waals surface area contributed by atoms with Gasteiger partial charge in [0.15, 0.2) is 0 Å². The number of ether oxygens (including phenoxy) is 1. The Balaban J connectivity index is 0.000000186. The third-order valence-corrected chi connectivity index (χ3v) is 12.4. The Kier molecular flexibility index (Phi) is 16.2. The molecule has 0 aliphatic carbocycles. The molecule has 2 aliphatic heterocycles. The smallest absolute Gasteiger partial charge is 0.410 e. The second-order valence-corrected chi connectivity index (χ2v) is 18.9. The molecule has 8 aromatic rings. The number of nitrogen functional groups attached to an aromatic ring is 2. The first-order valence-electron chi connectivity index (χ1n) is 24.1. The maximum absolute atomic E-state index is 12.6. The molecule has 2 aliphatic rings. The van der Waals surface area contributed by atoms with Crippen molar-refractivity contribution in [3.05, 3.63) is 170 Å². The molecule has 8 heterocycles. The van der Waals surface area contributed by atoms with E-state index in [2.05, 4.69) is 43.7 Å². The number of nitrogens with one attached hydrogen (secondary N) is 2. The monoisotopic (exact) mass is 1040 g/mol. The van der Waals surface area contributed by atoms with Crippen molar-refractivity contribution in [3.8, 4) is 22.8 Å². The van der Waals surface area contributed by atoms with E-state index in [-0.39, 0.29) is 35.7 Å². The summed E-state index contributed by atoms with van der Waals surface area (Å²) in [6.45, 7) is 14.6. The standard InChI is InChI=1S/C27H29N7O3.C25H23N7O2.C3H3ClO/c1-27(2,3)37-26(36)33-15-12-19(16-33)22-20-11-14-30-25(28)34(20)23(32-22)17-7-9-18(10-8-17)24(35)31-21-6-4-5-13-29-21;1-2-21(33)31-14-11-18(15-31)22-19-10-13-28-25(26)32(19)23(30-22)16-6-8-17(9-7-16)24(34)29-20-5-3-4-12-27-20;1-2-3(4)5/h4-11,13-14,19H,12,15-16H2,1-3H3,(H2,28,30)(H,29,31,35);2-10,12-13,18H,1,11,14-15H2,(H2,26,28)(H,27,29,34);2H,1H2. The molecule has 2 atom stereocenters. The Morgan fingerprint density at radius 3 is 1.45 bits per heavy atom. The Bertz CT molecular complexity index is 3430. The molecule has 0 radical (unpaired) electrons. The zero-order chi connectivity index (χ0) is 54.1. The summed E-state index contributed by atoms with van der Waals surface area (Å²) in [7, 11) is 0. The lowest BCUT2D eigenvalue weighted by Gasteiger charge is -2.24. The van der Waals surface area contributed by atoms with Crippen LogP contribution in [0.3, 0.4) is 0 Å². The molecule has 21 heteroatoms. The highest BCUT2D eigenvalue weighted by atomic mass is 35.5. The number of amides is 4. The van der Waals surface area contributed by atoms with Crippen molar-refractivity contribution in [2.45, 2.75) is 51.0 Å². The third-order valence-electron chi connectivity index (χ3n) is 12.3. The van der Waals surface area contributed by atoms with Crippen LogP contribution in [-0.4, -0.2) is 109 Å². The summed E-state index contributed by atoms with van der Waals surface area (Å²) in [5.41, 5.74) is 18.0. The maximum atomic E-state index is 12.6. The predicted octanol–water partition coefficient (Wildman–Crippen LogP) is 8.42. The lowest BCUT2D eigenvalue weighted by atomic mass is 10.0. The van der Waals surface area contributed by atoms with Crippen molar-refractivity contribution in [2.24, 2.45) is 0 Å². The summed E-state index contributed by atoms with van der Waals surface area (Å²) in [4.78, 5) is 89.5. The number of allylic oxidation sites excluding steroid dienone is 1. The third kappa shape index (κ3) is 12.4. The van der Waals surface area contributed by atoms with Crippen molar-refractivity contribution >= 4 is 75.2 Å². The zero-order valence-corrected chi connectivity index (χ0v) is 42.7. The van der Waals surface area contributed by atoms with Crippen molar-refractivity contribution < 1.29 is 28.7 Å². The quantitative estimate of drug-likeness (QED) is 0.0740. The average molecular weight is 1040 g/mol. The highest BCUT2D eigenvalue weighted by molar-refractivity contribution is 6.66.